The lowest BCUT2D eigenvalue weighted by atomic mass is 10.1. The van der Waals surface area contributed by atoms with Gasteiger partial charge in [0, 0.05) is 19.5 Å². The van der Waals surface area contributed by atoms with Crippen molar-refractivity contribution in [3.8, 4) is 0 Å². The first-order valence-corrected chi connectivity index (χ1v) is 8.90. The van der Waals surface area contributed by atoms with Gasteiger partial charge >= 0.3 is 0 Å². The third-order valence-corrected chi connectivity index (χ3v) is 4.60. The van der Waals surface area contributed by atoms with Gasteiger partial charge in [0.1, 0.15) is 0 Å². The molecule has 2 aromatic rings. The Morgan fingerprint density at radius 2 is 1.54 bits per heavy atom. The van der Waals surface area contributed by atoms with Crippen LogP contribution in [0.1, 0.15) is 36.0 Å². The van der Waals surface area contributed by atoms with Gasteiger partial charge < -0.3 is 5.32 Å². The molecule has 1 N–H and O–H groups in total. The Labute approximate surface area is 144 Å². The summed E-state index contributed by atoms with van der Waals surface area (Å²) in [4.78, 5) is 14.5. The summed E-state index contributed by atoms with van der Waals surface area (Å²) >= 11 is 0. The van der Waals surface area contributed by atoms with Crippen LogP contribution in [0.25, 0.3) is 0 Å². The molecule has 1 amide bonds. The molecule has 1 saturated heterocycles. The van der Waals surface area contributed by atoms with Crippen LogP contribution in [0, 0.1) is 0 Å². The average molecular weight is 322 g/mol. The van der Waals surface area contributed by atoms with Gasteiger partial charge in [0.2, 0.25) is 5.91 Å². The van der Waals surface area contributed by atoms with Crippen molar-refractivity contribution in [3.63, 3.8) is 0 Å². The van der Waals surface area contributed by atoms with Crippen LogP contribution in [0.3, 0.4) is 0 Å². The zero-order chi connectivity index (χ0) is 16.6. The van der Waals surface area contributed by atoms with Crippen LogP contribution in [0.4, 0.5) is 0 Å². The normalized spacial score (nSPS) is 14.7. The first-order chi connectivity index (χ1) is 11.8. The summed E-state index contributed by atoms with van der Waals surface area (Å²) in [5.41, 5.74) is 3.73. The molecule has 3 heteroatoms. The van der Waals surface area contributed by atoms with E-state index in [2.05, 4.69) is 46.6 Å². The fraction of sp³-hybridized carbons (Fsp3) is 0.381. The van der Waals surface area contributed by atoms with E-state index in [4.69, 9.17) is 0 Å². The van der Waals surface area contributed by atoms with Crippen molar-refractivity contribution in [1.29, 1.82) is 0 Å². The number of benzene rings is 2. The number of hydrogen-bond donors (Lipinski definition) is 1. The maximum Gasteiger partial charge on any atom is 0.220 e. The molecule has 24 heavy (non-hydrogen) atoms. The second-order valence-corrected chi connectivity index (χ2v) is 6.56. The largest absolute Gasteiger partial charge is 0.352 e. The van der Waals surface area contributed by atoms with Crippen LogP contribution in [0.5, 0.6) is 0 Å². The number of nitrogens with zero attached hydrogens (tertiary/aromatic N) is 1. The second-order valence-electron chi connectivity index (χ2n) is 6.56. The minimum Gasteiger partial charge on any atom is -0.352 e. The zero-order valence-corrected chi connectivity index (χ0v) is 14.2. The summed E-state index contributed by atoms with van der Waals surface area (Å²) in [7, 11) is 0. The Balaban J connectivity index is 1.40. The van der Waals surface area contributed by atoms with Crippen molar-refractivity contribution in [1.82, 2.24) is 10.2 Å². The summed E-state index contributed by atoms with van der Waals surface area (Å²) in [6, 6.07) is 18.8. The molecule has 1 aliphatic rings. The number of hydrogen-bond acceptors (Lipinski definition) is 2. The van der Waals surface area contributed by atoms with E-state index in [-0.39, 0.29) is 5.91 Å². The lowest BCUT2D eigenvalue weighted by Gasteiger charge is -2.14. The van der Waals surface area contributed by atoms with Gasteiger partial charge in [0.15, 0.2) is 0 Å². The Kier molecular flexibility index (Phi) is 6.02. The highest BCUT2D eigenvalue weighted by atomic mass is 16.1. The Bertz CT molecular complexity index is 631. The lowest BCUT2D eigenvalue weighted by molar-refractivity contribution is -0.121. The van der Waals surface area contributed by atoms with Gasteiger partial charge in [0.25, 0.3) is 0 Å². The predicted octanol–water partition coefficient (Wildman–Crippen LogP) is 3.53. The maximum absolute atomic E-state index is 12.0. The first kappa shape index (κ1) is 16.7. The minimum absolute atomic E-state index is 0.111. The molecule has 0 atom stereocenters. The molecule has 0 radical (unpaired) electrons. The minimum atomic E-state index is 0.111. The van der Waals surface area contributed by atoms with E-state index in [1.165, 1.54) is 37.1 Å². The third kappa shape index (κ3) is 5.20. The summed E-state index contributed by atoms with van der Waals surface area (Å²) in [6.07, 6.45) is 3.98. The topological polar surface area (TPSA) is 32.3 Å². The maximum atomic E-state index is 12.0. The van der Waals surface area contributed by atoms with Gasteiger partial charge in [-0.15, -0.1) is 0 Å². The molecule has 0 saturated carbocycles. The highest BCUT2D eigenvalue weighted by Crippen LogP contribution is 2.13. The van der Waals surface area contributed by atoms with Crippen LogP contribution in [-0.4, -0.2) is 23.9 Å². The standard InChI is InChI=1S/C21H26N2O/c24-21(13-12-18-6-2-1-3-7-18)22-16-19-8-10-20(11-9-19)17-23-14-4-5-15-23/h1-3,6-11H,4-5,12-17H2,(H,22,24). The van der Waals surface area contributed by atoms with Crippen molar-refractivity contribution in [2.45, 2.75) is 38.8 Å². The van der Waals surface area contributed by atoms with Gasteiger partial charge in [-0.3, -0.25) is 9.69 Å². The summed E-state index contributed by atoms with van der Waals surface area (Å²) in [6.45, 7) is 4.10. The van der Waals surface area contributed by atoms with Crippen LogP contribution < -0.4 is 5.32 Å². The van der Waals surface area contributed by atoms with E-state index in [0.29, 0.717) is 13.0 Å². The molecular weight excluding hydrogens is 296 g/mol. The van der Waals surface area contributed by atoms with Crippen molar-refractivity contribution in [2.75, 3.05) is 13.1 Å². The first-order valence-electron chi connectivity index (χ1n) is 8.90. The van der Waals surface area contributed by atoms with Crippen LogP contribution >= 0.6 is 0 Å². The molecule has 1 heterocycles. The molecular formula is C21H26N2O. The number of amides is 1. The molecule has 0 unspecified atom stereocenters. The van der Waals surface area contributed by atoms with E-state index in [9.17, 15) is 4.79 Å². The molecule has 3 rings (SSSR count). The van der Waals surface area contributed by atoms with Crippen molar-refractivity contribution in [3.05, 3.63) is 71.3 Å². The molecule has 3 nitrogen and oxygen atoms in total. The molecule has 0 aliphatic carbocycles. The van der Waals surface area contributed by atoms with E-state index in [1.807, 2.05) is 18.2 Å². The highest BCUT2D eigenvalue weighted by molar-refractivity contribution is 5.76. The SMILES string of the molecule is O=C(CCc1ccccc1)NCc1ccc(CN2CCCC2)cc1. The average Bonchev–Trinajstić information content (AvgIpc) is 3.13. The number of aryl methyl sites for hydroxylation is 1. The molecule has 0 aromatic heterocycles. The fourth-order valence-electron chi connectivity index (χ4n) is 3.15. The summed E-state index contributed by atoms with van der Waals surface area (Å²) in [5, 5.41) is 3.01. The molecule has 1 aliphatic heterocycles. The lowest BCUT2D eigenvalue weighted by Crippen LogP contribution is -2.23. The van der Waals surface area contributed by atoms with E-state index < -0.39 is 0 Å². The number of carbonyl (C=O) groups excluding carboxylic acids is 1. The zero-order valence-electron chi connectivity index (χ0n) is 14.2. The molecule has 0 spiro atoms. The fourth-order valence-corrected chi connectivity index (χ4v) is 3.15. The van der Waals surface area contributed by atoms with Crippen molar-refractivity contribution < 1.29 is 4.79 Å². The van der Waals surface area contributed by atoms with E-state index >= 15 is 0 Å². The Morgan fingerprint density at radius 1 is 0.875 bits per heavy atom. The van der Waals surface area contributed by atoms with Gasteiger partial charge in [-0.2, -0.15) is 0 Å². The third-order valence-electron chi connectivity index (χ3n) is 4.60. The molecule has 1 fully saturated rings. The molecule has 0 bridgehead atoms. The van der Waals surface area contributed by atoms with Crippen molar-refractivity contribution >= 4 is 5.91 Å². The number of nitrogens with one attached hydrogen (secondary N) is 1. The van der Waals surface area contributed by atoms with Crippen LogP contribution in [0.15, 0.2) is 54.6 Å². The van der Waals surface area contributed by atoms with Crippen molar-refractivity contribution in [2.24, 2.45) is 0 Å². The smallest absolute Gasteiger partial charge is 0.220 e. The Morgan fingerprint density at radius 3 is 2.25 bits per heavy atom. The highest BCUT2D eigenvalue weighted by Gasteiger charge is 2.11. The predicted molar refractivity (Wildman–Crippen MR) is 97.6 cm³/mol. The number of likely N-dealkylation sites (tertiary alicyclic amines) is 1. The second kappa shape index (κ2) is 8.65. The molecule has 126 valence electrons. The quantitative estimate of drug-likeness (QED) is 0.846. The van der Waals surface area contributed by atoms with Crippen LogP contribution in [0.2, 0.25) is 0 Å². The summed E-state index contributed by atoms with van der Waals surface area (Å²) in [5.74, 6) is 0.111. The van der Waals surface area contributed by atoms with Gasteiger partial charge in [-0.05, 0) is 49.0 Å². The summed E-state index contributed by atoms with van der Waals surface area (Å²) < 4.78 is 0. The number of rotatable bonds is 7. The molecule has 2 aromatic carbocycles. The van der Waals surface area contributed by atoms with E-state index in [0.717, 1.165) is 18.5 Å². The van der Waals surface area contributed by atoms with Crippen LogP contribution in [-0.2, 0) is 24.3 Å². The van der Waals surface area contributed by atoms with E-state index in [1.54, 1.807) is 0 Å². The van der Waals surface area contributed by atoms with Gasteiger partial charge in [0.05, 0.1) is 0 Å². The Hall–Kier alpha value is -2.13. The van der Waals surface area contributed by atoms with Gasteiger partial charge in [-0.1, -0.05) is 54.6 Å². The number of carbonyl (C=O) groups is 1. The monoisotopic (exact) mass is 322 g/mol. The van der Waals surface area contributed by atoms with Gasteiger partial charge in [-0.25, -0.2) is 0 Å².